The lowest BCUT2D eigenvalue weighted by Gasteiger charge is -2.21. The van der Waals surface area contributed by atoms with Crippen molar-refractivity contribution in [3.8, 4) is 0 Å². The Balaban J connectivity index is 2.21. The quantitative estimate of drug-likeness (QED) is 0.519. The first-order valence-electron chi connectivity index (χ1n) is 4.26. The van der Waals surface area contributed by atoms with Crippen molar-refractivity contribution in [3.63, 3.8) is 0 Å². The van der Waals surface area contributed by atoms with Gasteiger partial charge in [0.2, 0.25) is 0 Å². The number of hydrogen-bond acceptors (Lipinski definition) is 4. The molecule has 0 spiro atoms. The second-order valence-corrected chi connectivity index (χ2v) is 4.46. The van der Waals surface area contributed by atoms with Crippen LogP contribution in [0.25, 0.3) is 0 Å². The van der Waals surface area contributed by atoms with E-state index >= 15 is 0 Å². The van der Waals surface area contributed by atoms with E-state index in [-0.39, 0.29) is 0 Å². The molecule has 0 saturated carbocycles. The van der Waals surface area contributed by atoms with Crippen LogP contribution in [-0.4, -0.2) is 29.7 Å². The fraction of sp³-hybridized carbons (Fsp3) is 0.750. The summed E-state index contributed by atoms with van der Waals surface area (Å²) in [7, 11) is 0. The second-order valence-electron chi connectivity index (χ2n) is 4.46. The average Bonchev–Trinajstić information content (AvgIpc) is 2.33. The zero-order valence-corrected chi connectivity index (χ0v) is 7.67. The molecule has 2 heterocycles. The van der Waals surface area contributed by atoms with Crippen LogP contribution in [0.1, 0.15) is 13.8 Å². The summed E-state index contributed by atoms with van der Waals surface area (Å²) in [6, 6.07) is 0. The van der Waals surface area contributed by atoms with E-state index in [9.17, 15) is 0 Å². The Kier molecular flexibility index (Phi) is 1.33. The smallest absolute Gasteiger partial charge is 0.134 e. The molecule has 2 aliphatic rings. The molecular formula is C8H16N4. The predicted molar refractivity (Wildman–Crippen MR) is 47.5 cm³/mol. The minimum absolute atomic E-state index is 0.339. The topological polar surface area (TPSA) is 58.5 Å². The fourth-order valence-electron chi connectivity index (χ4n) is 1.96. The lowest BCUT2D eigenvalue weighted by molar-refractivity contribution is 0.100. The molecule has 68 valence electrons. The molecule has 0 aliphatic carbocycles. The number of nitrogens with two attached hydrogens (primary N) is 2. The fourth-order valence-corrected chi connectivity index (χ4v) is 1.96. The molecule has 1 fully saturated rings. The van der Waals surface area contributed by atoms with Crippen LogP contribution in [0.15, 0.2) is 11.5 Å². The Morgan fingerprint density at radius 2 is 1.92 bits per heavy atom. The summed E-state index contributed by atoms with van der Waals surface area (Å²) in [4.78, 5) is 0. The molecule has 4 nitrogen and oxygen atoms in total. The molecule has 2 aliphatic heterocycles. The van der Waals surface area contributed by atoms with Gasteiger partial charge in [-0.2, -0.15) is 0 Å². The van der Waals surface area contributed by atoms with Crippen LogP contribution in [0.2, 0.25) is 0 Å². The lowest BCUT2D eigenvalue weighted by atomic mass is 9.95. The summed E-state index contributed by atoms with van der Waals surface area (Å²) in [6.07, 6.45) is 0. The van der Waals surface area contributed by atoms with E-state index in [4.69, 9.17) is 11.5 Å². The summed E-state index contributed by atoms with van der Waals surface area (Å²) >= 11 is 0. The highest BCUT2D eigenvalue weighted by Crippen LogP contribution is 2.32. The van der Waals surface area contributed by atoms with E-state index in [1.165, 1.54) is 0 Å². The molecule has 0 aromatic carbocycles. The van der Waals surface area contributed by atoms with Crippen molar-refractivity contribution in [3.05, 3.63) is 11.5 Å². The number of rotatable bonds is 0. The van der Waals surface area contributed by atoms with Crippen LogP contribution in [0.5, 0.6) is 0 Å². The Labute approximate surface area is 72.8 Å². The van der Waals surface area contributed by atoms with Gasteiger partial charge in [-0.05, 0) is 5.41 Å². The third-order valence-electron chi connectivity index (χ3n) is 2.49. The van der Waals surface area contributed by atoms with Crippen molar-refractivity contribution >= 4 is 0 Å². The van der Waals surface area contributed by atoms with Crippen LogP contribution >= 0.6 is 0 Å². The summed E-state index contributed by atoms with van der Waals surface area (Å²) < 4.78 is 0. The minimum atomic E-state index is 0.339. The second kappa shape index (κ2) is 2.07. The molecule has 0 radical (unpaired) electrons. The zero-order chi connectivity index (χ0) is 8.93. The molecule has 0 atom stereocenters. The van der Waals surface area contributed by atoms with Gasteiger partial charge in [0.1, 0.15) is 5.82 Å². The number of nitrogens with zero attached hydrogens (tertiary/aromatic N) is 2. The number of hydrogen-bond donors (Lipinski definition) is 2. The van der Waals surface area contributed by atoms with Crippen molar-refractivity contribution in [1.29, 1.82) is 0 Å². The van der Waals surface area contributed by atoms with E-state index in [0.29, 0.717) is 5.41 Å². The maximum atomic E-state index is 5.82. The molecule has 1 saturated heterocycles. The lowest BCUT2D eigenvalue weighted by Crippen LogP contribution is -2.32. The third-order valence-corrected chi connectivity index (χ3v) is 2.49. The van der Waals surface area contributed by atoms with Gasteiger partial charge in [-0.1, -0.05) is 13.8 Å². The molecule has 4 N–H and O–H groups in total. The van der Waals surface area contributed by atoms with E-state index in [2.05, 4.69) is 23.9 Å². The van der Waals surface area contributed by atoms with E-state index in [1.54, 1.807) is 0 Å². The molecule has 0 aromatic rings. The maximum absolute atomic E-state index is 5.82. The normalized spacial score (nSPS) is 28.3. The highest BCUT2D eigenvalue weighted by Gasteiger charge is 2.40. The molecule has 0 aromatic heterocycles. The van der Waals surface area contributed by atoms with Gasteiger partial charge in [-0.3, -0.25) is 5.01 Å². The van der Waals surface area contributed by atoms with E-state index < -0.39 is 0 Å². The first-order chi connectivity index (χ1) is 5.49. The molecular weight excluding hydrogens is 152 g/mol. The Morgan fingerprint density at radius 1 is 1.25 bits per heavy atom. The van der Waals surface area contributed by atoms with Gasteiger partial charge in [-0.25, -0.2) is 5.01 Å². The predicted octanol–water partition coefficient (Wildman–Crippen LogP) is -0.355. The van der Waals surface area contributed by atoms with Crippen molar-refractivity contribution in [2.75, 3.05) is 19.6 Å². The van der Waals surface area contributed by atoms with Crippen molar-refractivity contribution < 1.29 is 0 Å². The summed E-state index contributed by atoms with van der Waals surface area (Å²) in [5, 5.41) is 4.31. The Hall–Kier alpha value is -0.900. The first-order valence-corrected chi connectivity index (χ1v) is 4.26. The van der Waals surface area contributed by atoms with Gasteiger partial charge in [0.05, 0.1) is 12.2 Å². The van der Waals surface area contributed by atoms with Gasteiger partial charge in [0.25, 0.3) is 0 Å². The first kappa shape index (κ1) is 7.73. The summed E-state index contributed by atoms with van der Waals surface area (Å²) in [6.45, 7) is 7.33. The van der Waals surface area contributed by atoms with E-state index in [1.807, 2.05) is 0 Å². The molecule has 4 heteroatoms. The van der Waals surface area contributed by atoms with Gasteiger partial charge in [0.15, 0.2) is 0 Å². The highest BCUT2D eigenvalue weighted by atomic mass is 15.7. The van der Waals surface area contributed by atoms with Crippen molar-refractivity contribution in [1.82, 2.24) is 10.0 Å². The van der Waals surface area contributed by atoms with Crippen molar-refractivity contribution in [2.24, 2.45) is 16.9 Å². The maximum Gasteiger partial charge on any atom is 0.134 e. The van der Waals surface area contributed by atoms with Crippen LogP contribution in [0.4, 0.5) is 0 Å². The molecule has 0 unspecified atom stereocenters. The SMILES string of the molecule is CC1(C)CN2CC(N)=C(N)N2C1. The van der Waals surface area contributed by atoms with Gasteiger partial charge >= 0.3 is 0 Å². The van der Waals surface area contributed by atoms with Crippen LogP contribution in [0.3, 0.4) is 0 Å². The number of fused-ring (bicyclic) bond motifs is 1. The van der Waals surface area contributed by atoms with Crippen molar-refractivity contribution in [2.45, 2.75) is 13.8 Å². The standard InChI is InChI=1S/C8H16N4/c1-8(2)4-11-3-6(9)7(10)12(11)5-8/h3-5,9-10H2,1-2H3. The molecule has 0 bridgehead atoms. The van der Waals surface area contributed by atoms with Crippen LogP contribution < -0.4 is 11.5 Å². The largest absolute Gasteiger partial charge is 0.398 e. The van der Waals surface area contributed by atoms with Gasteiger partial charge < -0.3 is 11.5 Å². The third kappa shape index (κ3) is 0.948. The Morgan fingerprint density at radius 3 is 2.50 bits per heavy atom. The average molecular weight is 168 g/mol. The number of hydrazine groups is 1. The summed E-state index contributed by atoms with van der Waals surface area (Å²) in [5.41, 5.74) is 12.7. The zero-order valence-electron chi connectivity index (χ0n) is 7.67. The monoisotopic (exact) mass is 168 g/mol. The Bertz CT molecular complexity index is 243. The van der Waals surface area contributed by atoms with E-state index in [0.717, 1.165) is 31.2 Å². The summed E-state index contributed by atoms with van der Waals surface area (Å²) in [5.74, 6) is 0.751. The van der Waals surface area contributed by atoms with Gasteiger partial charge in [-0.15, -0.1) is 0 Å². The minimum Gasteiger partial charge on any atom is -0.398 e. The molecule has 0 amide bonds. The van der Waals surface area contributed by atoms with Gasteiger partial charge in [0, 0.05) is 13.1 Å². The van der Waals surface area contributed by atoms with Crippen LogP contribution in [-0.2, 0) is 0 Å². The van der Waals surface area contributed by atoms with Crippen LogP contribution in [0, 0.1) is 5.41 Å². The molecule has 12 heavy (non-hydrogen) atoms. The molecule has 2 rings (SSSR count). The highest BCUT2D eigenvalue weighted by molar-refractivity contribution is 5.16.